The van der Waals surface area contributed by atoms with Crippen molar-refractivity contribution in [3.8, 4) is 0 Å². The molecule has 84 valence electrons. The lowest BCUT2D eigenvalue weighted by Gasteiger charge is -2.11. The topological polar surface area (TPSA) is 46.2 Å². The molecule has 15 heavy (non-hydrogen) atoms. The second-order valence-corrected chi connectivity index (χ2v) is 4.43. The van der Waals surface area contributed by atoms with Crippen LogP contribution in [-0.2, 0) is 6.42 Å². The van der Waals surface area contributed by atoms with Gasteiger partial charge in [0.2, 0.25) is 0 Å². The van der Waals surface area contributed by atoms with Gasteiger partial charge in [-0.3, -0.25) is 0 Å². The van der Waals surface area contributed by atoms with E-state index in [1.807, 2.05) is 12.1 Å². The van der Waals surface area contributed by atoms with Crippen LogP contribution in [0.15, 0.2) is 24.3 Å². The number of aliphatic hydroxyl groups excluding tert-OH is 1. The van der Waals surface area contributed by atoms with Crippen molar-refractivity contribution in [2.45, 2.75) is 32.8 Å². The quantitative estimate of drug-likeness (QED) is 0.778. The Bertz CT molecular complexity index is 279. The van der Waals surface area contributed by atoms with Gasteiger partial charge in [-0.15, -0.1) is 0 Å². The molecule has 0 amide bonds. The highest BCUT2D eigenvalue weighted by Crippen LogP contribution is 2.17. The molecule has 2 heteroatoms. The van der Waals surface area contributed by atoms with Gasteiger partial charge in [0.15, 0.2) is 0 Å². The summed E-state index contributed by atoms with van der Waals surface area (Å²) >= 11 is 0. The SMILES string of the molecule is CC(C)Cc1ccc([C@@H](O)CCN)cc1. The summed E-state index contributed by atoms with van der Waals surface area (Å²) < 4.78 is 0. The number of hydrogen-bond acceptors (Lipinski definition) is 2. The first kappa shape index (κ1) is 12.2. The third kappa shape index (κ3) is 4.02. The number of rotatable bonds is 5. The lowest BCUT2D eigenvalue weighted by atomic mass is 9.99. The summed E-state index contributed by atoms with van der Waals surface area (Å²) in [4.78, 5) is 0. The van der Waals surface area contributed by atoms with Crippen LogP contribution >= 0.6 is 0 Å². The van der Waals surface area contributed by atoms with Crippen molar-refractivity contribution in [3.05, 3.63) is 35.4 Å². The van der Waals surface area contributed by atoms with E-state index in [0.717, 1.165) is 12.0 Å². The van der Waals surface area contributed by atoms with Gasteiger partial charge in [-0.05, 0) is 36.4 Å². The lowest BCUT2D eigenvalue weighted by molar-refractivity contribution is 0.170. The summed E-state index contributed by atoms with van der Waals surface area (Å²) in [6, 6.07) is 8.18. The molecule has 0 spiro atoms. The van der Waals surface area contributed by atoms with Crippen LogP contribution in [0.5, 0.6) is 0 Å². The largest absolute Gasteiger partial charge is 0.388 e. The maximum Gasteiger partial charge on any atom is 0.0802 e. The average molecular weight is 207 g/mol. The molecule has 0 saturated carbocycles. The Hall–Kier alpha value is -0.860. The average Bonchev–Trinajstić information content (AvgIpc) is 2.18. The highest BCUT2D eigenvalue weighted by molar-refractivity contribution is 5.24. The van der Waals surface area contributed by atoms with E-state index in [-0.39, 0.29) is 0 Å². The second-order valence-electron chi connectivity index (χ2n) is 4.43. The molecule has 0 aromatic heterocycles. The predicted octanol–water partition coefficient (Wildman–Crippen LogP) is 2.27. The monoisotopic (exact) mass is 207 g/mol. The van der Waals surface area contributed by atoms with Crippen molar-refractivity contribution in [3.63, 3.8) is 0 Å². The summed E-state index contributed by atoms with van der Waals surface area (Å²) in [6.07, 6.45) is 1.31. The molecule has 2 nitrogen and oxygen atoms in total. The normalized spacial score (nSPS) is 13.1. The second kappa shape index (κ2) is 5.89. The third-order valence-corrected chi connectivity index (χ3v) is 2.45. The summed E-state index contributed by atoms with van der Waals surface area (Å²) in [5.74, 6) is 0.671. The molecule has 0 unspecified atom stereocenters. The molecule has 0 saturated heterocycles. The fraction of sp³-hybridized carbons (Fsp3) is 0.538. The number of aliphatic hydroxyl groups is 1. The highest BCUT2D eigenvalue weighted by Gasteiger charge is 2.06. The lowest BCUT2D eigenvalue weighted by Crippen LogP contribution is -2.06. The Kier molecular flexibility index (Phi) is 4.79. The van der Waals surface area contributed by atoms with E-state index >= 15 is 0 Å². The van der Waals surface area contributed by atoms with E-state index in [2.05, 4.69) is 26.0 Å². The minimum Gasteiger partial charge on any atom is -0.388 e. The molecule has 0 aliphatic heterocycles. The zero-order valence-corrected chi connectivity index (χ0v) is 9.61. The van der Waals surface area contributed by atoms with Gasteiger partial charge in [-0.1, -0.05) is 38.1 Å². The van der Waals surface area contributed by atoms with E-state index in [1.54, 1.807) is 0 Å². The zero-order chi connectivity index (χ0) is 11.3. The molecule has 1 rings (SSSR count). The molecule has 1 aromatic rings. The summed E-state index contributed by atoms with van der Waals surface area (Å²) in [5.41, 5.74) is 7.70. The maximum atomic E-state index is 9.71. The number of hydrogen-bond donors (Lipinski definition) is 2. The Morgan fingerprint density at radius 3 is 2.27 bits per heavy atom. The van der Waals surface area contributed by atoms with Crippen molar-refractivity contribution in [1.29, 1.82) is 0 Å². The fourth-order valence-corrected chi connectivity index (χ4v) is 1.67. The van der Waals surface area contributed by atoms with Gasteiger partial charge in [0.1, 0.15) is 0 Å². The van der Waals surface area contributed by atoms with Crippen LogP contribution in [0, 0.1) is 5.92 Å². The van der Waals surface area contributed by atoms with E-state index in [0.29, 0.717) is 18.9 Å². The minimum atomic E-state index is -0.414. The van der Waals surface area contributed by atoms with Crippen LogP contribution < -0.4 is 5.73 Å². The van der Waals surface area contributed by atoms with Crippen LogP contribution in [0.2, 0.25) is 0 Å². The Labute approximate surface area is 92.1 Å². The molecule has 0 heterocycles. The zero-order valence-electron chi connectivity index (χ0n) is 9.61. The highest BCUT2D eigenvalue weighted by atomic mass is 16.3. The van der Waals surface area contributed by atoms with Gasteiger partial charge in [-0.2, -0.15) is 0 Å². The fourth-order valence-electron chi connectivity index (χ4n) is 1.67. The Morgan fingerprint density at radius 1 is 1.20 bits per heavy atom. The predicted molar refractivity (Wildman–Crippen MR) is 63.6 cm³/mol. The van der Waals surface area contributed by atoms with E-state index in [1.165, 1.54) is 5.56 Å². The van der Waals surface area contributed by atoms with Crippen LogP contribution in [-0.4, -0.2) is 11.7 Å². The molecule has 0 aliphatic carbocycles. The van der Waals surface area contributed by atoms with E-state index in [9.17, 15) is 5.11 Å². The molecule has 3 N–H and O–H groups in total. The summed E-state index contributed by atoms with van der Waals surface area (Å²) in [6.45, 7) is 4.93. The molecule has 0 fully saturated rings. The van der Waals surface area contributed by atoms with Gasteiger partial charge >= 0.3 is 0 Å². The molecule has 0 bridgehead atoms. The van der Waals surface area contributed by atoms with Crippen LogP contribution in [0.4, 0.5) is 0 Å². The van der Waals surface area contributed by atoms with Crippen LogP contribution in [0.25, 0.3) is 0 Å². The van der Waals surface area contributed by atoms with E-state index in [4.69, 9.17) is 5.73 Å². The summed E-state index contributed by atoms with van der Waals surface area (Å²) in [7, 11) is 0. The van der Waals surface area contributed by atoms with Gasteiger partial charge in [-0.25, -0.2) is 0 Å². The van der Waals surface area contributed by atoms with Crippen molar-refractivity contribution < 1.29 is 5.11 Å². The van der Waals surface area contributed by atoms with Crippen LogP contribution in [0.3, 0.4) is 0 Å². The minimum absolute atomic E-state index is 0.414. The molecule has 1 aromatic carbocycles. The van der Waals surface area contributed by atoms with Crippen LogP contribution in [0.1, 0.15) is 37.5 Å². The Balaban J connectivity index is 2.63. The first-order valence-electron chi connectivity index (χ1n) is 5.60. The maximum absolute atomic E-state index is 9.71. The standard InChI is InChI=1S/C13H21NO/c1-10(2)9-11-3-5-12(6-4-11)13(15)7-8-14/h3-6,10,13,15H,7-9,14H2,1-2H3/t13-/m0/s1. The first-order valence-corrected chi connectivity index (χ1v) is 5.60. The number of benzene rings is 1. The van der Waals surface area contributed by atoms with Gasteiger partial charge in [0, 0.05) is 0 Å². The molecular formula is C13H21NO. The van der Waals surface area contributed by atoms with Gasteiger partial charge in [0.25, 0.3) is 0 Å². The molecule has 0 radical (unpaired) electrons. The Morgan fingerprint density at radius 2 is 1.80 bits per heavy atom. The van der Waals surface area contributed by atoms with Crippen molar-refractivity contribution >= 4 is 0 Å². The van der Waals surface area contributed by atoms with Crippen molar-refractivity contribution in [2.75, 3.05) is 6.54 Å². The molecule has 1 atom stereocenters. The van der Waals surface area contributed by atoms with Gasteiger partial charge in [0.05, 0.1) is 6.10 Å². The van der Waals surface area contributed by atoms with Crippen molar-refractivity contribution in [1.82, 2.24) is 0 Å². The number of nitrogens with two attached hydrogens (primary N) is 1. The smallest absolute Gasteiger partial charge is 0.0802 e. The van der Waals surface area contributed by atoms with E-state index < -0.39 is 6.10 Å². The third-order valence-electron chi connectivity index (χ3n) is 2.45. The first-order chi connectivity index (χ1) is 7.13. The molecule has 0 aliphatic rings. The van der Waals surface area contributed by atoms with Crippen molar-refractivity contribution in [2.24, 2.45) is 11.7 Å². The summed E-state index contributed by atoms with van der Waals surface area (Å²) in [5, 5.41) is 9.71. The van der Waals surface area contributed by atoms with Gasteiger partial charge < -0.3 is 10.8 Å². The molecular weight excluding hydrogens is 186 g/mol.